The zero-order chi connectivity index (χ0) is 11.4. The van der Waals surface area contributed by atoms with Crippen molar-refractivity contribution in [3.05, 3.63) is 40.0 Å². The molecule has 2 rings (SSSR count). The van der Waals surface area contributed by atoms with Gasteiger partial charge in [-0.3, -0.25) is 0 Å². The number of hydrogen-bond donors (Lipinski definition) is 1. The van der Waals surface area contributed by atoms with Crippen LogP contribution in [0.5, 0.6) is 0 Å². The van der Waals surface area contributed by atoms with Gasteiger partial charge in [0.1, 0.15) is 5.82 Å². The summed E-state index contributed by atoms with van der Waals surface area (Å²) in [6.45, 7) is 4.94. The lowest BCUT2D eigenvalue weighted by atomic mass is 10.3. The van der Waals surface area contributed by atoms with Crippen LogP contribution < -0.4 is 5.32 Å². The summed E-state index contributed by atoms with van der Waals surface area (Å²) in [5.41, 5.74) is 2.34. The summed E-state index contributed by atoms with van der Waals surface area (Å²) in [6, 6.07) is 4.06. The van der Waals surface area contributed by atoms with Crippen LogP contribution in [0.2, 0.25) is 0 Å². The highest BCUT2D eigenvalue weighted by Crippen LogP contribution is 2.09. The minimum Gasteiger partial charge on any atom is -0.370 e. The minimum atomic E-state index is 0.874. The van der Waals surface area contributed by atoms with Crippen LogP contribution in [0.1, 0.15) is 16.3 Å². The maximum absolute atomic E-state index is 4.41. The first-order valence-corrected chi connectivity index (χ1v) is 6.19. The zero-order valence-corrected chi connectivity index (χ0v) is 10.3. The third kappa shape index (κ3) is 3.03. The van der Waals surface area contributed by atoms with E-state index in [1.54, 1.807) is 11.3 Å². The van der Waals surface area contributed by atoms with Crippen LogP contribution in [0.4, 0.5) is 5.82 Å². The summed E-state index contributed by atoms with van der Waals surface area (Å²) in [5, 5.41) is 6.52. The summed E-state index contributed by atoms with van der Waals surface area (Å²) < 4.78 is 0. The number of nitrogens with zero attached hydrogens (tertiary/aromatic N) is 2. The second kappa shape index (κ2) is 5.07. The predicted octanol–water partition coefficient (Wildman–Crippen LogP) is 2.81. The quantitative estimate of drug-likeness (QED) is 0.882. The van der Waals surface area contributed by atoms with Crippen LogP contribution in [-0.2, 0) is 6.42 Å². The topological polar surface area (TPSA) is 37.8 Å². The molecule has 0 atom stereocenters. The van der Waals surface area contributed by atoms with E-state index in [-0.39, 0.29) is 0 Å². The van der Waals surface area contributed by atoms with Crippen molar-refractivity contribution in [1.29, 1.82) is 0 Å². The highest BCUT2D eigenvalue weighted by Gasteiger charge is 1.98. The third-order valence-electron chi connectivity index (χ3n) is 2.27. The van der Waals surface area contributed by atoms with Gasteiger partial charge in [0.15, 0.2) is 0 Å². The van der Waals surface area contributed by atoms with Gasteiger partial charge in [-0.2, -0.15) is 0 Å². The van der Waals surface area contributed by atoms with E-state index < -0.39 is 0 Å². The monoisotopic (exact) mass is 233 g/mol. The van der Waals surface area contributed by atoms with E-state index in [0.29, 0.717) is 0 Å². The number of pyridine rings is 1. The Morgan fingerprint density at radius 3 is 2.81 bits per heavy atom. The van der Waals surface area contributed by atoms with Crippen LogP contribution in [-0.4, -0.2) is 16.5 Å². The first-order valence-electron chi connectivity index (χ1n) is 5.31. The molecule has 2 aromatic heterocycles. The Balaban J connectivity index is 1.82. The standard InChI is InChI=1S/C12H15N3S/c1-9-3-4-12(14-7-9)13-6-5-11-8-16-10(2)15-11/h3-4,7-8H,5-6H2,1-2H3,(H,13,14). The molecule has 3 nitrogen and oxygen atoms in total. The maximum Gasteiger partial charge on any atom is 0.125 e. The van der Waals surface area contributed by atoms with Crippen molar-refractivity contribution in [2.75, 3.05) is 11.9 Å². The van der Waals surface area contributed by atoms with Gasteiger partial charge >= 0.3 is 0 Å². The van der Waals surface area contributed by atoms with Gasteiger partial charge in [0.25, 0.3) is 0 Å². The van der Waals surface area contributed by atoms with Crippen molar-refractivity contribution >= 4 is 17.2 Å². The smallest absolute Gasteiger partial charge is 0.125 e. The summed E-state index contributed by atoms with van der Waals surface area (Å²) >= 11 is 1.70. The average Bonchev–Trinajstić information content (AvgIpc) is 2.67. The number of aromatic nitrogens is 2. The minimum absolute atomic E-state index is 0.874. The van der Waals surface area contributed by atoms with Gasteiger partial charge in [0.05, 0.1) is 10.7 Å². The third-order valence-corrected chi connectivity index (χ3v) is 3.09. The largest absolute Gasteiger partial charge is 0.370 e. The highest BCUT2D eigenvalue weighted by atomic mass is 32.1. The molecule has 1 N–H and O–H groups in total. The number of rotatable bonds is 4. The summed E-state index contributed by atoms with van der Waals surface area (Å²) in [7, 11) is 0. The first-order chi connectivity index (χ1) is 7.74. The Hall–Kier alpha value is -1.42. The first kappa shape index (κ1) is 11.1. The van der Waals surface area contributed by atoms with Crippen LogP contribution in [0.15, 0.2) is 23.7 Å². The van der Waals surface area contributed by atoms with Gasteiger partial charge in [-0.1, -0.05) is 6.07 Å². The zero-order valence-electron chi connectivity index (χ0n) is 9.53. The molecule has 0 aliphatic carbocycles. The van der Waals surface area contributed by atoms with E-state index in [9.17, 15) is 0 Å². The molecule has 0 saturated heterocycles. The fourth-order valence-electron chi connectivity index (χ4n) is 1.41. The van der Waals surface area contributed by atoms with Crippen molar-refractivity contribution in [3.8, 4) is 0 Å². The van der Waals surface area contributed by atoms with Crippen molar-refractivity contribution in [2.24, 2.45) is 0 Å². The molecule has 0 fully saturated rings. The van der Waals surface area contributed by atoms with Crippen molar-refractivity contribution in [2.45, 2.75) is 20.3 Å². The van der Waals surface area contributed by atoms with Crippen molar-refractivity contribution < 1.29 is 0 Å². The van der Waals surface area contributed by atoms with E-state index in [2.05, 4.69) is 26.7 Å². The van der Waals surface area contributed by atoms with Gasteiger partial charge in [0.2, 0.25) is 0 Å². The second-order valence-corrected chi connectivity index (χ2v) is 4.82. The second-order valence-electron chi connectivity index (χ2n) is 3.76. The molecular formula is C12H15N3S. The summed E-state index contributed by atoms with van der Waals surface area (Å²) in [6.07, 6.45) is 2.81. The van der Waals surface area contributed by atoms with Crippen LogP contribution in [0.25, 0.3) is 0 Å². The number of hydrogen-bond acceptors (Lipinski definition) is 4. The molecule has 0 saturated carbocycles. The number of thiazole rings is 1. The van der Waals surface area contributed by atoms with E-state index in [1.165, 1.54) is 5.56 Å². The van der Waals surface area contributed by atoms with Crippen molar-refractivity contribution in [3.63, 3.8) is 0 Å². The van der Waals surface area contributed by atoms with E-state index in [0.717, 1.165) is 29.5 Å². The summed E-state index contributed by atoms with van der Waals surface area (Å²) in [5.74, 6) is 0.928. The van der Waals surface area contributed by atoms with Gasteiger partial charge in [-0.25, -0.2) is 9.97 Å². The number of anilines is 1. The molecule has 0 bridgehead atoms. The van der Waals surface area contributed by atoms with Gasteiger partial charge in [-0.05, 0) is 25.5 Å². The lowest BCUT2D eigenvalue weighted by Crippen LogP contribution is -2.06. The number of aryl methyl sites for hydroxylation is 2. The van der Waals surface area contributed by atoms with Crippen LogP contribution in [0.3, 0.4) is 0 Å². The fraction of sp³-hybridized carbons (Fsp3) is 0.333. The van der Waals surface area contributed by atoms with E-state index in [1.807, 2.05) is 26.1 Å². The normalized spacial score (nSPS) is 10.4. The molecule has 0 spiro atoms. The SMILES string of the molecule is Cc1ccc(NCCc2csc(C)n2)nc1. The molecule has 2 aromatic rings. The number of nitrogens with one attached hydrogen (secondary N) is 1. The molecule has 0 aliphatic rings. The predicted molar refractivity (Wildman–Crippen MR) is 68.0 cm³/mol. The molecule has 0 amide bonds. The van der Waals surface area contributed by atoms with E-state index >= 15 is 0 Å². The molecule has 0 aliphatic heterocycles. The molecule has 16 heavy (non-hydrogen) atoms. The van der Waals surface area contributed by atoms with Crippen molar-refractivity contribution in [1.82, 2.24) is 9.97 Å². The molecule has 84 valence electrons. The fourth-order valence-corrected chi connectivity index (χ4v) is 2.06. The highest BCUT2D eigenvalue weighted by molar-refractivity contribution is 7.09. The van der Waals surface area contributed by atoms with Crippen LogP contribution in [0, 0.1) is 13.8 Å². The average molecular weight is 233 g/mol. The molecular weight excluding hydrogens is 218 g/mol. The lowest BCUT2D eigenvalue weighted by Gasteiger charge is -2.03. The Kier molecular flexibility index (Phi) is 3.51. The van der Waals surface area contributed by atoms with Gasteiger partial charge in [0, 0.05) is 24.5 Å². The summed E-state index contributed by atoms with van der Waals surface area (Å²) in [4.78, 5) is 8.70. The van der Waals surface area contributed by atoms with Gasteiger partial charge in [-0.15, -0.1) is 11.3 Å². The molecule has 2 heterocycles. The lowest BCUT2D eigenvalue weighted by molar-refractivity contribution is 0.960. The van der Waals surface area contributed by atoms with E-state index in [4.69, 9.17) is 0 Å². The van der Waals surface area contributed by atoms with Crippen LogP contribution >= 0.6 is 11.3 Å². The Bertz CT molecular complexity index is 448. The molecule has 0 unspecified atom stereocenters. The molecule has 0 radical (unpaired) electrons. The van der Waals surface area contributed by atoms with Gasteiger partial charge < -0.3 is 5.32 Å². The Morgan fingerprint density at radius 2 is 2.19 bits per heavy atom. The molecule has 0 aromatic carbocycles. The maximum atomic E-state index is 4.41. The Morgan fingerprint density at radius 1 is 1.31 bits per heavy atom. The molecule has 4 heteroatoms. The Labute approximate surface area is 99.6 Å².